The van der Waals surface area contributed by atoms with E-state index in [1.165, 1.54) is 10.6 Å². The van der Waals surface area contributed by atoms with E-state index in [0.29, 0.717) is 5.76 Å². The number of rotatable bonds is 5. The van der Waals surface area contributed by atoms with E-state index in [1.54, 1.807) is 26.0 Å². The summed E-state index contributed by atoms with van der Waals surface area (Å²) < 4.78 is 53.9. The lowest BCUT2D eigenvalue weighted by Crippen LogP contribution is -2.58. The first-order valence-electron chi connectivity index (χ1n) is 5.96. The molecule has 0 radical (unpaired) electrons. The second kappa shape index (κ2) is 4.92. The molecule has 1 aliphatic heterocycles. The Morgan fingerprint density at radius 3 is 2.42 bits per heavy atom. The van der Waals surface area contributed by atoms with Crippen LogP contribution in [0.5, 0.6) is 0 Å². The van der Waals surface area contributed by atoms with Gasteiger partial charge in [-0.2, -0.15) is 4.31 Å². The van der Waals surface area contributed by atoms with Crippen molar-refractivity contribution in [3.05, 3.63) is 24.2 Å². The van der Waals surface area contributed by atoms with E-state index in [9.17, 15) is 16.8 Å². The molecule has 0 saturated carbocycles. The molecule has 0 spiro atoms. The molecule has 0 unspecified atom stereocenters. The van der Waals surface area contributed by atoms with Gasteiger partial charge in [0.05, 0.1) is 16.8 Å². The fourth-order valence-corrected chi connectivity index (χ4v) is 5.02. The van der Waals surface area contributed by atoms with Gasteiger partial charge in [-0.05, 0) is 26.0 Å². The van der Waals surface area contributed by atoms with Crippen molar-refractivity contribution in [1.29, 1.82) is 0 Å². The lowest BCUT2D eigenvalue weighted by atomic mass is 10.3. The maximum Gasteiger partial charge on any atom is 0.216 e. The fourth-order valence-electron chi connectivity index (χ4n) is 1.84. The Balaban J connectivity index is 2.00. The van der Waals surface area contributed by atoms with E-state index in [1.807, 2.05) is 0 Å². The number of furan rings is 1. The first kappa shape index (κ1) is 14.5. The molecule has 1 saturated heterocycles. The third kappa shape index (κ3) is 2.85. The van der Waals surface area contributed by atoms with Gasteiger partial charge in [-0.3, -0.25) is 0 Å². The zero-order valence-electron chi connectivity index (χ0n) is 10.8. The van der Waals surface area contributed by atoms with Crippen molar-refractivity contribution in [2.45, 2.75) is 30.1 Å². The van der Waals surface area contributed by atoms with Gasteiger partial charge >= 0.3 is 0 Å². The van der Waals surface area contributed by atoms with Crippen LogP contribution < -0.4 is 0 Å². The SMILES string of the molecule is CC(C)S(=O)(=O)N1CC(S(=O)(=O)Cc2ccco2)C1. The molecular formula is C11H17NO5S2. The molecule has 0 N–H and O–H groups in total. The van der Waals surface area contributed by atoms with Gasteiger partial charge in [0.25, 0.3) is 0 Å². The third-order valence-corrected chi connectivity index (χ3v) is 7.41. The minimum atomic E-state index is -3.37. The fraction of sp³-hybridized carbons (Fsp3) is 0.636. The number of nitrogens with zero attached hydrogens (tertiary/aromatic N) is 1. The van der Waals surface area contributed by atoms with Gasteiger partial charge < -0.3 is 4.42 Å². The predicted octanol–water partition coefficient (Wildman–Crippen LogP) is 0.617. The van der Waals surface area contributed by atoms with Crippen LogP contribution in [-0.2, 0) is 25.6 Å². The van der Waals surface area contributed by atoms with Crippen LogP contribution in [0.25, 0.3) is 0 Å². The lowest BCUT2D eigenvalue weighted by Gasteiger charge is -2.38. The summed E-state index contributed by atoms with van der Waals surface area (Å²) in [5, 5.41) is -1.16. The Labute approximate surface area is 113 Å². The van der Waals surface area contributed by atoms with Crippen molar-refractivity contribution in [2.24, 2.45) is 0 Å². The standard InChI is InChI=1S/C11H17NO5S2/c1-9(2)19(15,16)12-6-11(7-12)18(13,14)8-10-4-3-5-17-10/h3-5,9,11H,6-8H2,1-2H3. The van der Waals surface area contributed by atoms with Crippen LogP contribution in [0.2, 0.25) is 0 Å². The van der Waals surface area contributed by atoms with Crippen LogP contribution in [0.1, 0.15) is 19.6 Å². The van der Waals surface area contributed by atoms with E-state index in [2.05, 4.69) is 0 Å². The molecule has 1 fully saturated rings. The average molecular weight is 307 g/mol. The van der Waals surface area contributed by atoms with Crippen molar-refractivity contribution in [1.82, 2.24) is 4.31 Å². The van der Waals surface area contributed by atoms with Crippen molar-refractivity contribution < 1.29 is 21.3 Å². The van der Waals surface area contributed by atoms with Gasteiger partial charge in [-0.15, -0.1) is 0 Å². The Hall–Kier alpha value is -0.860. The summed E-state index contributed by atoms with van der Waals surface area (Å²) in [5.41, 5.74) is 0. The second-order valence-corrected chi connectivity index (χ2v) is 9.69. The lowest BCUT2D eigenvalue weighted by molar-refractivity contribution is 0.306. The Kier molecular flexibility index (Phi) is 3.76. The highest BCUT2D eigenvalue weighted by Crippen LogP contribution is 2.24. The first-order valence-corrected chi connectivity index (χ1v) is 9.18. The van der Waals surface area contributed by atoms with Crippen LogP contribution >= 0.6 is 0 Å². The Morgan fingerprint density at radius 1 is 1.32 bits per heavy atom. The van der Waals surface area contributed by atoms with Crippen LogP contribution in [0.4, 0.5) is 0 Å². The first-order chi connectivity index (χ1) is 8.73. The monoisotopic (exact) mass is 307 g/mol. The third-order valence-electron chi connectivity index (χ3n) is 3.20. The zero-order valence-corrected chi connectivity index (χ0v) is 12.4. The highest BCUT2D eigenvalue weighted by molar-refractivity contribution is 7.92. The molecule has 2 heterocycles. The molecule has 0 bridgehead atoms. The minimum absolute atomic E-state index is 0.0452. The normalized spacial score (nSPS) is 18.7. The van der Waals surface area contributed by atoms with Crippen molar-refractivity contribution in [3.63, 3.8) is 0 Å². The van der Waals surface area contributed by atoms with Crippen LogP contribution in [0.3, 0.4) is 0 Å². The summed E-state index contributed by atoms with van der Waals surface area (Å²) in [5.74, 6) is 0.199. The summed E-state index contributed by atoms with van der Waals surface area (Å²) in [4.78, 5) is 0. The molecule has 0 amide bonds. The van der Waals surface area contributed by atoms with E-state index in [4.69, 9.17) is 4.42 Å². The zero-order chi connectivity index (χ0) is 14.3. The van der Waals surface area contributed by atoms with Gasteiger partial charge in [0.15, 0.2) is 9.84 Å². The van der Waals surface area contributed by atoms with E-state index < -0.39 is 30.4 Å². The summed E-state index contributed by atoms with van der Waals surface area (Å²) in [7, 11) is -6.72. The smallest absolute Gasteiger partial charge is 0.216 e. The Bertz CT molecular complexity index is 625. The van der Waals surface area contributed by atoms with E-state index in [-0.39, 0.29) is 18.8 Å². The van der Waals surface area contributed by atoms with Gasteiger partial charge in [-0.1, -0.05) is 0 Å². The molecule has 1 aliphatic rings. The molecule has 1 aromatic heterocycles. The van der Waals surface area contributed by atoms with E-state index >= 15 is 0 Å². The molecular weight excluding hydrogens is 290 g/mol. The van der Waals surface area contributed by atoms with Gasteiger partial charge in [0.1, 0.15) is 11.5 Å². The highest BCUT2D eigenvalue weighted by atomic mass is 32.2. The van der Waals surface area contributed by atoms with Gasteiger partial charge in [0.2, 0.25) is 10.0 Å². The maximum absolute atomic E-state index is 12.0. The van der Waals surface area contributed by atoms with Crippen LogP contribution in [0.15, 0.2) is 22.8 Å². The molecule has 6 nitrogen and oxygen atoms in total. The number of hydrogen-bond donors (Lipinski definition) is 0. The molecule has 0 atom stereocenters. The van der Waals surface area contributed by atoms with Crippen LogP contribution in [0, 0.1) is 0 Å². The van der Waals surface area contributed by atoms with Crippen LogP contribution in [-0.4, -0.2) is 44.7 Å². The van der Waals surface area contributed by atoms with Crippen molar-refractivity contribution in [2.75, 3.05) is 13.1 Å². The number of hydrogen-bond acceptors (Lipinski definition) is 5. The predicted molar refractivity (Wildman–Crippen MR) is 70.7 cm³/mol. The maximum atomic E-state index is 12.0. The molecule has 108 valence electrons. The number of sulfone groups is 1. The second-order valence-electron chi connectivity index (χ2n) is 4.92. The molecule has 1 aromatic rings. The minimum Gasteiger partial charge on any atom is -0.468 e. The summed E-state index contributed by atoms with van der Waals surface area (Å²) >= 11 is 0. The summed E-state index contributed by atoms with van der Waals surface area (Å²) in [6, 6.07) is 3.22. The Morgan fingerprint density at radius 2 is 1.95 bits per heavy atom. The van der Waals surface area contributed by atoms with Gasteiger partial charge in [-0.25, -0.2) is 16.8 Å². The largest absolute Gasteiger partial charge is 0.468 e. The van der Waals surface area contributed by atoms with Crippen molar-refractivity contribution >= 4 is 19.9 Å². The molecule has 8 heteroatoms. The summed E-state index contributed by atoms with van der Waals surface area (Å²) in [6.45, 7) is 3.26. The quantitative estimate of drug-likeness (QED) is 0.796. The average Bonchev–Trinajstić information content (AvgIpc) is 2.65. The molecule has 0 aliphatic carbocycles. The molecule has 19 heavy (non-hydrogen) atoms. The molecule has 2 rings (SSSR count). The highest BCUT2D eigenvalue weighted by Gasteiger charge is 2.43. The van der Waals surface area contributed by atoms with Crippen molar-refractivity contribution in [3.8, 4) is 0 Å². The number of sulfonamides is 1. The summed E-state index contributed by atoms with van der Waals surface area (Å²) in [6.07, 6.45) is 1.42. The topological polar surface area (TPSA) is 84.7 Å². The molecule has 0 aromatic carbocycles. The van der Waals surface area contributed by atoms with Gasteiger partial charge in [0, 0.05) is 13.1 Å². The van der Waals surface area contributed by atoms with E-state index in [0.717, 1.165) is 0 Å².